The highest BCUT2D eigenvalue weighted by molar-refractivity contribution is 9.10. The van der Waals surface area contributed by atoms with Crippen LogP contribution in [0, 0.1) is 0 Å². The zero-order valence-electron chi connectivity index (χ0n) is 9.74. The summed E-state index contributed by atoms with van der Waals surface area (Å²) in [6.45, 7) is 0. The van der Waals surface area contributed by atoms with E-state index in [2.05, 4.69) is 30.9 Å². The van der Waals surface area contributed by atoms with Crippen LogP contribution in [0.3, 0.4) is 0 Å². The molecule has 3 rings (SSSR count). The number of nitrogens with one attached hydrogen (secondary N) is 1. The molecule has 0 radical (unpaired) electrons. The summed E-state index contributed by atoms with van der Waals surface area (Å²) >= 11 is 3.37. The van der Waals surface area contributed by atoms with E-state index in [4.69, 9.17) is 0 Å². The van der Waals surface area contributed by atoms with Crippen LogP contribution in [0.5, 0.6) is 0 Å². The SMILES string of the molecule is O=c1[nH]c(-c2cncc(Br)c2)nc2c1CCCC2. The summed E-state index contributed by atoms with van der Waals surface area (Å²) in [6, 6.07) is 1.90. The Labute approximate surface area is 113 Å². The van der Waals surface area contributed by atoms with Crippen LogP contribution in [0.1, 0.15) is 24.1 Å². The minimum Gasteiger partial charge on any atom is -0.306 e. The van der Waals surface area contributed by atoms with Crippen molar-refractivity contribution in [3.63, 3.8) is 0 Å². The molecule has 2 aromatic heterocycles. The molecule has 0 fully saturated rings. The summed E-state index contributed by atoms with van der Waals surface area (Å²) in [7, 11) is 0. The summed E-state index contributed by atoms with van der Waals surface area (Å²) in [5.41, 5.74) is 2.62. The van der Waals surface area contributed by atoms with Gasteiger partial charge in [-0.1, -0.05) is 0 Å². The van der Waals surface area contributed by atoms with Gasteiger partial charge in [-0.05, 0) is 47.7 Å². The van der Waals surface area contributed by atoms with E-state index in [0.717, 1.165) is 47.0 Å². The van der Waals surface area contributed by atoms with Gasteiger partial charge in [-0.2, -0.15) is 0 Å². The van der Waals surface area contributed by atoms with Crippen molar-refractivity contribution in [1.29, 1.82) is 0 Å². The van der Waals surface area contributed by atoms with Crippen molar-refractivity contribution in [2.24, 2.45) is 0 Å². The lowest BCUT2D eigenvalue weighted by atomic mass is 9.97. The minimum atomic E-state index is -0.00493. The van der Waals surface area contributed by atoms with Crippen molar-refractivity contribution in [1.82, 2.24) is 15.0 Å². The first-order valence-electron chi connectivity index (χ1n) is 5.97. The Morgan fingerprint density at radius 1 is 1.22 bits per heavy atom. The van der Waals surface area contributed by atoms with E-state index in [1.165, 1.54) is 0 Å². The van der Waals surface area contributed by atoms with E-state index < -0.39 is 0 Å². The lowest BCUT2D eigenvalue weighted by Crippen LogP contribution is -2.21. The van der Waals surface area contributed by atoms with Gasteiger partial charge >= 0.3 is 0 Å². The molecule has 0 saturated heterocycles. The first-order valence-corrected chi connectivity index (χ1v) is 6.76. The number of aromatic amines is 1. The average Bonchev–Trinajstić information content (AvgIpc) is 2.39. The number of aromatic nitrogens is 3. The number of nitrogens with zero attached hydrogens (tertiary/aromatic N) is 2. The van der Waals surface area contributed by atoms with Crippen LogP contribution < -0.4 is 5.56 Å². The van der Waals surface area contributed by atoms with Crippen LogP contribution in [0.25, 0.3) is 11.4 Å². The van der Waals surface area contributed by atoms with Crippen molar-refractivity contribution in [2.75, 3.05) is 0 Å². The van der Waals surface area contributed by atoms with Crippen LogP contribution in [0.2, 0.25) is 0 Å². The first-order chi connectivity index (χ1) is 8.74. The van der Waals surface area contributed by atoms with Gasteiger partial charge in [0, 0.05) is 28.0 Å². The molecule has 18 heavy (non-hydrogen) atoms. The molecule has 0 unspecified atom stereocenters. The Kier molecular flexibility index (Phi) is 2.99. The van der Waals surface area contributed by atoms with Gasteiger partial charge in [-0.15, -0.1) is 0 Å². The van der Waals surface area contributed by atoms with E-state index in [9.17, 15) is 4.79 Å². The topological polar surface area (TPSA) is 58.6 Å². The van der Waals surface area contributed by atoms with Gasteiger partial charge in [0.1, 0.15) is 5.82 Å². The van der Waals surface area contributed by atoms with Gasteiger partial charge in [0.05, 0.1) is 5.69 Å². The Balaban J connectivity index is 2.14. The van der Waals surface area contributed by atoms with E-state index in [0.29, 0.717) is 5.82 Å². The molecule has 4 nitrogen and oxygen atoms in total. The molecule has 0 bridgehead atoms. The quantitative estimate of drug-likeness (QED) is 0.880. The molecule has 0 aromatic carbocycles. The standard InChI is InChI=1S/C13H12BrN3O/c14-9-5-8(6-15-7-9)12-16-11-4-2-1-3-10(11)13(18)17-12/h5-7H,1-4H2,(H,16,17,18). The fraction of sp³-hybridized carbons (Fsp3) is 0.308. The highest BCUT2D eigenvalue weighted by Gasteiger charge is 2.16. The summed E-state index contributed by atoms with van der Waals surface area (Å²) in [5.74, 6) is 0.606. The molecule has 1 aliphatic rings. The van der Waals surface area contributed by atoms with Crippen LogP contribution in [-0.2, 0) is 12.8 Å². The molecule has 2 heterocycles. The minimum absolute atomic E-state index is 0.00493. The van der Waals surface area contributed by atoms with Crippen molar-refractivity contribution >= 4 is 15.9 Å². The highest BCUT2D eigenvalue weighted by atomic mass is 79.9. The second-order valence-electron chi connectivity index (χ2n) is 4.44. The molecular formula is C13H12BrN3O. The maximum absolute atomic E-state index is 12.0. The second kappa shape index (κ2) is 4.65. The number of hydrogen-bond donors (Lipinski definition) is 1. The Hall–Kier alpha value is -1.49. The van der Waals surface area contributed by atoms with E-state index >= 15 is 0 Å². The van der Waals surface area contributed by atoms with Gasteiger partial charge in [-0.3, -0.25) is 9.78 Å². The maximum atomic E-state index is 12.0. The lowest BCUT2D eigenvalue weighted by molar-refractivity contribution is 0.657. The monoisotopic (exact) mass is 305 g/mol. The summed E-state index contributed by atoms with van der Waals surface area (Å²) < 4.78 is 0.875. The summed E-state index contributed by atoms with van der Waals surface area (Å²) in [5, 5.41) is 0. The summed E-state index contributed by atoms with van der Waals surface area (Å²) in [6.07, 6.45) is 7.34. The average molecular weight is 306 g/mol. The molecule has 5 heteroatoms. The van der Waals surface area contributed by atoms with Crippen LogP contribution in [0.4, 0.5) is 0 Å². The molecule has 1 N–H and O–H groups in total. The van der Waals surface area contributed by atoms with Gasteiger partial charge < -0.3 is 4.98 Å². The third kappa shape index (κ3) is 2.10. The molecule has 92 valence electrons. The third-order valence-electron chi connectivity index (χ3n) is 3.17. The third-order valence-corrected chi connectivity index (χ3v) is 3.60. The predicted molar refractivity (Wildman–Crippen MR) is 72.4 cm³/mol. The number of rotatable bonds is 1. The molecule has 0 spiro atoms. The number of halogens is 1. The molecule has 1 aliphatic carbocycles. The van der Waals surface area contributed by atoms with Crippen molar-refractivity contribution < 1.29 is 0 Å². The Morgan fingerprint density at radius 3 is 2.89 bits per heavy atom. The molecule has 0 amide bonds. The number of hydrogen-bond acceptors (Lipinski definition) is 3. The van der Waals surface area contributed by atoms with Crippen molar-refractivity contribution in [3.05, 3.63) is 44.5 Å². The first kappa shape index (κ1) is 11.6. The normalized spacial score (nSPS) is 14.3. The molecule has 2 aromatic rings. The summed E-state index contributed by atoms with van der Waals surface area (Å²) in [4.78, 5) is 23.5. The van der Waals surface area contributed by atoms with Gasteiger partial charge in [0.2, 0.25) is 0 Å². The smallest absolute Gasteiger partial charge is 0.254 e. The van der Waals surface area contributed by atoms with Crippen molar-refractivity contribution in [3.8, 4) is 11.4 Å². The highest BCUT2D eigenvalue weighted by Crippen LogP contribution is 2.21. The number of aryl methyl sites for hydroxylation is 1. The van der Waals surface area contributed by atoms with Crippen molar-refractivity contribution in [2.45, 2.75) is 25.7 Å². The number of fused-ring (bicyclic) bond motifs is 1. The molecular weight excluding hydrogens is 294 g/mol. The second-order valence-corrected chi connectivity index (χ2v) is 5.35. The molecule has 0 aliphatic heterocycles. The van der Waals surface area contributed by atoms with Crippen LogP contribution >= 0.6 is 15.9 Å². The molecule has 0 saturated carbocycles. The number of pyridine rings is 1. The van der Waals surface area contributed by atoms with Gasteiger partial charge in [0.25, 0.3) is 5.56 Å². The van der Waals surface area contributed by atoms with E-state index in [1.54, 1.807) is 12.4 Å². The van der Waals surface area contributed by atoms with Crippen LogP contribution in [-0.4, -0.2) is 15.0 Å². The maximum Gasteiger partial charge on any atom is 0.254 e. The molecule has 0 atom stereocenters. The van der Waals surface area contributed by atoms with Gasteiger partial charge in [0.15, 0.2) is 0 Å². The van der Waals surface area contributed by atoms with E-state index in [1.807, 2.05) is 6.07 Å². The van der Waals surface area contributed by atoms with E-state index in [-0.39, 0.29) is 5.56 Å². The van der Waals surface area contributed by atoms with Crippen LogP contribution in [0.15, 0.2) is 27.7 Å². The fourth-order valence-electron chi connectivity index (χ4n) is 2.28. The largest absolute Gasteiger partial charge is 0.306 e. The lowest BCUT2D eigenvalue weighted by Gasteiger charge is -2.14. The fourth-order valence-corrected chi connectivity index (χ4v) is 2.65. The Morgan fingerprint density at radius 2 is 2.06 bits per heavy atom. The predicted octanol–water partition coefficient (Wildman–Crippen LogP) is 2.47. The van der Waals surface area contributed by atoms with Gasteiger partial charge in [-0.25, -0.2) is 4.98 Å². The zero-order valence-corrected chi connectivity index (χ0v) is 11.3. The number of H-pyrrole nitrogens is 1. The Bertz CT molecular complexity index is 651. The zero-order chi connectivity index (χ0) is 12.5.